The molecule has 98 valence electrons. The van der Waals surface area contributed by atoms with Crippen LogP contribution in [-0.2, 0) is 0 Å². The van der Waals surface area contributed by atoms with E-state index in [4.69, 9.17) is 0 Å². The average molecular weight is 434 g/mol. The number of carbonyl (C=O) groups is 1. The molecule has 2 nitrogen and oxygen atoms in total. The predicted octanol–water partition coefficient (Wildman–Crippen LogP) is 4.75. The molecule has 2 aromatic carbocycles. The zero-order chi connectivity index (χ0) is 14.0. The fraction of sp³-hybridized carbons (Fsp3) is 0.0714. The quantitative estimate of drug-likeness (QED) is 0.680. The molecular formula is C14H10BrFINO. The van der Waals surface area contributed by atoms with Gasteiger partial charge in [0.25, 0.3) is 5.91 Å². The van der Waals surface area contributed by atoms with E-state index in [2.05, 4.69) is 43.8 Å². The van der Waals surface area contributed by atoms with Gasteiger partial charge in [-0.2, -0.15) is 0 Å². The molecule has 1 amide bonds. The number of benzene rings is 2. The lowest BCUT2D eigenvalue weighted by Gasteiger charge is -2.07. The normalized spacial score (nSPS) is 10.3. The van der Waals surface area contributed by atoms with E-state index in [1.54, 1.807) is 6.07 Å². The Labute approximate surface area is 132 Å². The maximum Gasteiger partial charge on any atom is 0.255 e. The molecule has 0 unspecified atom stereocenters. The SMILES string of the molecule is Cc1ccc(NC(=O)c2ccc(Br)c(F)c2)cc1I. The van der Waals surface area contributed by atoms with E-state index in [1.165, 1.54) is 12.1 Å². The molecule has 19 heavy (non-hydrogen) atoms. The molecule has 0 aromatic heterocycles. The van der Waals surface area contributed by atoms with Crippen molar-refractivity contribution in [3.63, 3.8) is 0 Å². The van der Waals surface area contributed by atoms with Gasteiger partial charge in [-0.05, 0) is 81.3 Å². The highest BCUT2D eigenvalue weighted by molar-refractivity contribution is 14.1. The molecule has 0 radical (unpaired) electrons. The van der Waals surface area contributed by atoms with Gasteiger partial charge in [0, 0.05) is 14.8 Å². The molecule has 0 bridgehead atoms. The van der Waals surface area contributed by atoms with Crippen molar-refractivity contribution in [3.05, 3.63) is 61.4 Å². The van der Waals surface area contributed by atoms with E-state index < -0.39 is 5.82 Å². The van der Waals surface area contributed by atoms with Crippen molar-refractivity contribution in [3.8, 4) is 0 Å². The lowest BCUT2D eigenvalue weighted by Crippen LogP contribution is -2.12. The van der Waals surface area contributed by atoms with Crippen molar-refractivity contribution in [1.82, 2.24) is 0 Å². The van der Waals surface area contributed by atoms with E-state index in [9.17, 15) is 9.18 Å². The van der Waals surface area contributed by atoms with Gasteiger partial charge in [0.2, 0.25) is 0 Å². The van der Waals surface area contributed by atoms with Crippen LogP contribution in [0, 0.1) is 16.3 Å². The van der Waals surface area contributed by atoms with Gasteiger partial charge in [-0.1, -0.05) is 6.07 Å². The second-order valence-corrected chi connectivity index (χ2v) is 6.06. The van der Waals surface area contributed by atoms with Crippen molar-refractivity contribution in [1.29, 1.82) is 0 Å². The number of amides is 1. The van der Waals surface area contributed by atoms with Crippen LogP contribution in [0.4, 0.5) is 10.1 Å². The first-order chi connectivity index (χ1) is 8.97. The van der Waals surface area contributed by atoms with Crippen LogP contribution in [-0.4, -0.2) is 5.91 Å². The maximum atomic E-state index is 13.4. The van der Waals surface area contributed by atoms with Crippen molar-refractivity contribution >= 4 is 50.1 Å². The minimum Gasteiger partial charge on any atom is -0.322 e. The topological polar surface area (TPSA) is 29.1 Å². The Kier molecular flexibility index (Phi) is 4.57. The van der Waals surface area contributed by atoms with Crippen molar-refractivity contribution in [2.24, 2.45) is 0 Å². The second-order valence-electron chi connectivity index (χ2n) is 4.05. The van der Waals surface area contributed by atoms with Crippen LogP contribution in [0.15, 0.2) is 40.9 Å². The molecule has 0 fully saturated rings. The van der Waals surface area contributed by atoms with Crippen LogP contribution in [0.3, 0.4) is 0 Å². The fourth-order valence-corrected chi connectivity index (χ4v) is 2.27. The van der Waals surface area contributed by atoms with E-state index in [1.807, 2.05) is 25.1 Å². The Morgan fingerprint density at radius 3 is 2.63 bits per heavy atom. The van der Waals surface area contributed by atoms with Crippen LogP contribution >= 0.6 is 38.5 Å². The standard InChI is InChI=1S/C14H10BrFINO/c1-8-2-4-10(7-13(8)17)18-14(19)9-3-5-11(15)12(16)6-9/h2-7H,1H3,(H,18,19). The number of hydrogen-bond acceptors (Lipinski definition) is 1. The summed E-state index contributed by atoms with van der Waals surface area (Å²) in [6.45, 7) is 2.00. The summed E-state index contributed by atoms with van der Waals surface area (Å²) in [5.41, 5.74) is 2.13. The number of nitrogens with one attached hydrogen (secondary N) is 1. The molecule has 0 aliphatic rings. The van der Waals surface area contributed by atoms with Gasteiger partial charge < -0.3 is 5.32 Å². The van der Waals surface area contributed by atoms with Crippen molar-refractivity contribution in [2.75, 3.05) is 5.32 Å². The van der Waals surface area contributed by atoms with Crippen LogP contribution in [0.25, 0.3) is 0 Å². The van der Waals surface area contributed by atoms with Gasteiger partial charge in [0.15, 0.2) is 0 Å². The van der Waals surface area contributed by atoms with E-state index in [0.717, 1.165) is 9.13 Å². The Morgan fingerprint density at radius 2 is 2.00 bits per heavy atom. The van der Waals surface area contributed by atoms with Crippen LogP contribution in [0.2, 0.25) is 0 Å². The average Bonchev–Trinajstić information content (AvgIpc) is 2.37. The molecule has 2 aromatic rings. The molecular weight excluding hydrogens is 424 g/mol. The van der Waals surface area contributed by atoms with Crippen molar-refractivity contribution in [2.45, 2.75) is 6.92 Å². The van der Waals surface area contributed by atoms with Crippen LogP contribution < -0.4 is 5.32 Å². The van der Waals surface area contributed by atoms with E-state index in [0.29, 0.717) is 10.2 Å². The summed E-state index contributed by atoms with van der Waals surface area (Å²) in [4.78, 5) is 12.0. The minimum absolute atomic E-state index is 0.288. The third-order valence-electron chi connectivity index (χ3n) is 2.61. The van der Waals surface area contributed by atoms with Crippen LogP contribution in [0.5, 0.6) is 0 Å². The molecule has 0 saturated heterocycles. The van der Waals surface area contributed by atoms with E-state index >= 15 is 0 Å². The molecule has 0 atom stereocenters. The van der Waals surface area contributed by atoms with Crippen molar-refractivity contribution < 1.29 is 9.18 Å². The first-order valence-corrected chi connectivity index (χ1v) is 7.37. The molecule has 0 aliphatic heterocycles. The number of hydrogen-bond donors (Lipinski definition) is 1. The maximum absolute atomic E-state index is 13.4. The summed E-state index contributed by atoms with van der Waals surface area (Å²) < 4.78 is 14.8. The van der Waals surface area contributed by atoms with E-state index in [-0.39, 0.29) is 11.5 Å². The molecule has 0 spiro atoms. The lowest BCUT2D eigenvalue weighted by atomic mass is 10.2. The molecule has 0 aliphatic carbocycles. The van der Waals surface area contributed by atoms with Gasteiger partial charge in [-0.3, -0.25) is 4.79 Å². The fourth-order valence-electron chi connectivity index (χ4n) is 1.51. The highest BCUT2D eigenvalue weighted by Crippen LogP contribution is 2.19. The first kappa shape index (κ1) is 14.5. The zero-order valence-corrected chi connectivity index (χ0v) is 13.7. The number of aryl methyl sites for hydroxylation is 1. The Balaban J connectivity index is 2.20. The highest BCUT2D eigenvalue weighted by atomic mass is 127. The molecule has 2 rings (SSSR count). The summed E-state index contributed by atoms with van der Waals surface area (Å²) >= 11 is 5.26. The molecule has 1 N–H and O–H groups in total. The third kappa shape index (κ3) is 3.54. The van der Waals surface area contributed by atoms with Gasteiger partial charge in [-0.25, -0.2) is 4.39 Å². The van der Waals surface area contributed by atoms with Gasteiger partial charge in [-0.15, -0.1) is 0 Å². The summed E-state index contributed by atoms with van der Waals surface area (Å²) in [6, 6.07) is 9.93. The Hall–Kier alpha value is -0.950. The van der Waals surface area contributed by atoms with Crippen LogP contribution in [0.1, 0.15) is 15.9 Å². The van der Waals surface area contributed by atoms with Gasteiger partial charge in [0.05, 0.1) is 4.47 Å². The van der Waals surface area contributed by atoms with Gasteiger partial charge in [0.1, 0.15) is 5.82 Å². The third-order valence-corrected chi connectivity index (χ3v) is 4.42. The number of carbonyl (C=O) groups excluding carboxylic acids is 1. The number of rotatable bonds is 2. The first-order valence-electron chi connectivity index (χ1n) is 5.50. The summed E-state index contributed by atoms with van der Waals surface area (Å²) in [5.74, 6) is -0.780. The predicted molar refractivity (Wildman–Crippen MR) is 85.9 cm³/mol. The number of anilines is 1. The largest absolute Gasteiger partial charge is 0.322 e. The molecule has 0 saturated carbocycles. The summed E-state index contributed by atoms with van der Waals surface area (Å²) in [5, 5.41) is 2.75. The Morgan fingerprint density at radius 1 is 1.26 bits per heavy atom. The molecule has 5 heteroatoms. The second kappa shape index (κ2) is 6.00. The Bertz CT molecular complexity index is 645. The highest BCUT2D eigenvalue weighted by Gasteiger charge is 2.09. The summed E-state index contributed by atoms with van der Waals surface area (Å²) in [6.07, 6.45) is 0. The summed E-state index contributed by atoms with van der Waals surface area (Å²) in [7, 11) is 0. The zero-order valence-electron chi connectivity index (χ0n) is 10.0. The minimum atomic E-state index is -0.453. The smallest absolute Gasteiger partial charge is 0.255 e. The lowest BCUT2D eigenvalue weighted by molar-refractivity contribution is 0.102. The number of halogens is 3. The van der Waals surface area contributed by atoms with Gasteiger partial charge >= 0.3 is 0 Å². The molecule has 0 heterocycles. The monoisotopic (exact) mass is 433 g/mol.